The van der Waals surface area contributed by atoms with Crippen molar-refractivity contribution < 1.29 is 9.59 Å². The van der Waals surface area contributed by atoms with Gasteiger partial charge >= 0.3 is 0 Å². The number of hydrogen-bond donors (Lipinski definition) is 3. The standard InChI is InChI=1S/C20H26BrN3O2/c1-3-15(14-16(21)4-2)20(26)23-13-9-5-6-12-19(25)24-18-11-8-7-10-17(18)22/h3-4,7-8,10-11,14H,1,5-6,9,12-13,22H2,2H3,(H,23,26)(H,24,25)/b15-14+,16-4+. The summed E-state index contributed by atoms with van der Waals surface area (Å²) in [6.07, 6.45) is 7.94. The van der Waals surface area contributed by atoms with Crippen molar-refractivity contribution in [3.05, 3.63) is 59.1 Å². The van der Waals surface area contributed by atoms with Gasteiger partial charge in [0.25, 0.3) is 5.91 Å². The lowest BCUT2D eigenvalue weighted by molar-refractivity contribution is -0.117. The first kappa shape index (κ1) is 21.7. The smallest absolute Gasteiger partial charge is 0.251 e. The Bertz CT molecular complexity index is 696. The molecule has 140 valence electrons. The Hall–Kier alpha value is -2.34. The molecule has 0 aromatic heterocycles. The third kappa shape index (κ3) is 8.16. The number of allylic oxidation sites excluding steroid dienone is 3. The number of carbonyl (C=O) groups excluding carboxylic acids is 2. The summed E-state index contributed by atoms with van der Waals surface area (Å²) in [7, 11) is 0. The maximum Gasteiger partial charge on any atom is 0.251 e. The first-order valence-electron chi connectivity index (χ1n) is 8.56. The van der Waals surface area contributed by atoms with Crippen LogP contribution in [0.1, 0.15) is 32.6 Å². The van der Waals surface area contributed by atoms with Crippen molar-refractivity contribution in [2.24, 2.45) is 0 Å². The summed E-state index contributed by atoms with van der Waals surface area (Å²) < 4.78 is 0.826. The maximum absolute atomic E-state index is 12.0. The Kier molecular flexibility index (Phi) is 10.1. The number of nitrogens with one attached hydrogen (secondary N) is 2. The molecule has 0 saturated heterocycles. The second-order valence-electron chi connectivity index (χ2n) is 5.68. The van der Waals surface area contributed by atoms with E-state index >= 15 is 0 Å². The van der Waals surface area contributed by atoms with Crippen LogP contribution in [0, 0.1) is 0 Å². The highest BCUT2D eigenvalue weighted by Gasteiger charge is 2.06. The number of nitrogen functional groups attached to an aromatic ring is 1. The van der Waals surface area contributed by atoms with Crippen LogP contribution >= 0.6 is 15.9 Å². The van der Waals surface area contributed by atoms with Crippen molar-refractivity contribution in [3.63, 3.8) is 0 Å². The Morgan fingerprint density at radius 3 is 2.62 bits per heavy atom. The van der Waals surface area contributed by atoms with Crippen molar-refractivity contribution in [2.45, 2.75) is 32.6 Å². The van der Waals surface area contributed by atoms with Gasteiger partial charge in [-0.3, -0.25) is 9.59 Å². The monoisotopic (exact) mass is 419 g/mol. The SMILES string of the molecule is C=C/C(=C\C(Br)=C/C)C(=O)NCCCCCC(=O)Nc1ccccc1N. The molecule has 0 bridgehead atoms. The molecule has 2 amide bonds. The molecule has 0 aliphatic heterocycles. The van der Waals surface area contributed by atoms with Gasteiger partial charge in [0, 0.05) is 23.0 Å². The van der Waals surface area contributed by atoms with Gasteiger partial charge in [0.2, 0.25) is 5.91 Å². The third-order valence-corrected chi connectivity index (χ3v) is 4.34. The minimum absolute atomic E-state index is 0.0555. The fourth-order valence-corrected chi connectivity index (χ4v) is 2.41. The van der Waals surface area contributed by atoms with Gasteiger partial charge in [-0.15, -0.1) is 0 Å². The van der Waals surface area contributed by atoms with Gasteiger partial charge in [-0.05, 0) is 38.0 Å². The molecular weight excluding hydrogens is 394 g/mol. The molecule has 4 N–H and O–H groups in total. The van der Waals surface area contributed by atoms with Crippen molar-refractivity contribution in [1.29, 1.82) is 0 Å². The zero-order valence-corrected chi connectivity index (χ0v) is 16.6. The topological polar surface area (TPSA) is 84.2 Å². The highest BCUT2D eigenvalue weighted by Crippen LogP contribution is 2.17. The average Bonchev–Trinajstić information content (AvgIpc) is 2.63. The average molecular weight is 420 g/mol. The highest BCUT2D eigenvalue weighted by atomic mass is 79.9. The van der Waals surface area contributed by atoms with Crippen LogP contribution in [-0.2, 0) is 9.59 Å². The molecule has 1 rings (SSSR count). The van der Waals surface area contributed by atoms with Gasteiger partial charge in [0.1, 0.15) is 0 Å². The molecule has 0 atom stereocenters. The number of amides is 2. The number of unbranched alkanes of at least 4 members (excludes halogenated alkanes) is 2. The summed E-state index contributed by atoms with van der Waals surface area (Å²) in [6.45, 7) is 6.09. The summed E-state index contributed by atoms with van der Waals surface area (Å²) >= 11 is 3.34. The summed E-state index contributed by atoms with van der Waals surface area (Å²) in [5, 5.41) is 5.66. The first-order chi connectivity index (χ1) is 12.5. The lowest BCUT2D eigenvalue weighted by Crippen LogP contribution is -2.25. The minimum atomic E-state index is -0.156. The molecule has 0 aliphatic carbocycles. The summed E-state index contributed by atoms with van der Waals surface area (Å²) in [4.78, 5) is 23.9. The lowest BCUT2D eigenvalue weighted by Gasteiger charge is -2.08. The molecule has 0 unspecified atom stereocenters. The molecule has 0 saturated carbocycles. The number of benzene rings is 1. The van der Waals surface area contributed by atoms with E-state index in [1.807, 2.05) is 25.1 Å². The van der Waals surface area contributed by atoms with Gasteiger partial charge in [-0.1, -0.05) is 53.2 Å². The van der Waals surface area contributed by atoms with E-state index in [0.29, 0.717) is 29.9 Å². The molecule has 0 aliphatic rings. The number of halogens is 1. The van der Waals surface area contributed by atoms with Gasteiger partial charge < -0.3 is 16.4 Å². The second kappa shape index (κ2) is 12.1. The van der Waals surface area contributed by atoms with Gasteiger partial charge in [0.05, 0.1) is 11.4 Å². The third-order valence-electron chi connectivity index (χ3n) is 3.65. The van der Waals surface area contributed by atoms with Crippen LogP contribution in [0.4, 0.5) is 11.4 Å². The highest BCUT2D eigenvalue weighted by molar-refractivity contribution is 9.11. The lowest BCUT2D eigenvalue weighted by atomic mass is 10.1. The molecule has 5 nitrogen and oxygen atoms in total. The van der Waals surface area contributed by atoms with Crippen LogP contribution in [0.25, 0.3) is 0 Å². The van der Waals surface area contributed by atoms with Crippen LogP contribution in [0.5, 0.6) is 0 Å². The molecule has 1 aromatic carbocycles. The van der Waals surface area contributed by atoms with Gasteiger partial charge in [0.15, 0.2) is 0 Å². The Balaban J connectivity index is 2.23. The summed E-state index contributed by atoms with van der Waals surface area (Å²) in [5.74, 6) is -0.212. The van der Waals surface area contributed by atoms with E-state index in [2.05, 4.69) is 33.1 Å². The molecule has 26 heavy (non-hydrogen) atoms. The van der Waals surface area contributed by atoms with E-state index in [-0.39, 0.29) is 11.8 Å². The van der Waals surface area contributed by atoms with Gasteiger partial charge in [-0.25, -0.2) is 0 Å². The predicted molar refractivity (Wildman–Crippen MR) is 112 cm³/mol. The van der Waals surface area contributed by atoms with E-state index in [0.717, 1.165) is 23.7 Å². The predicted octanol–water partition coefficient (Wildman–Crippen LogP) is 4.30. The first-order valence-corrected chi connectivity index (χ1v) is 9.35. The largest absolute Gasteiger partial charge is 0.397 e. The Morgan fingerprint density at radius 2 is 1.96 bits per heavy atom. The molecule has 1 aromatic rings. The molecule has 0 heterocycles. The number of rotatable bonds is 10. The van der Waals surface area contributed by atoms with E-state index in [1.54, 1.807) is 18.2 Å². The van der Waals surface area contributed by atoms with E-state index in [9.17, 15) is 9.59 Å². The molecular formula is C20H26BrN3O2. The van der Waals surface area contributed by atoms with E-state index < -0.39 is 0 Å². The van der Waals surface area contributed by atoms with Crippen molar-refractivity contribution in [2.75, 3.05) is 17.6 Å². The van der Waals surface area contributed by atoms with Crippen LogP contribution in [0.15, 0.2) is 59.1 Å². The fraction of sp³-hybridized carbons (Fsp3) is 0.300. The fourth-order valence-electron chi connectivity index (χ4n) is 2.16. The zero-order valence-electron chi connectivity index (χ0n) is 15.1. The Morgan fingerprint density at radius 1 is 1.23 bits per heavy atom. The molecule has 6 heteroatoms. The van der Waals surface area contributed by atoms with Crippen molar-refractivity contribution in [3.8, 4) is 0 Å². The van der Waals surface area contributed by atoms with Crippen LogP contribution < -0.4 is 16.4 Å². The number of carbonyl (C=O) groups is 2. The minimum Gasteiger partial charge on any atom is -0.397 e. The number of nitrogens with two attached hydrogens (primary N) is 1. The molecule has 0 radical (unpaired) electrons. The summed E-state index contributed by atoms with van der Waals surface area (Å²) in [5.41, 5.74) is 7.50. The van der Waals surface area contributed by atoms with Crippen LogP contribution in [0.3, 0.4) is 0 Å². The van der Waals surface area contributed by atoms with Crippen LogP contribution in [0.2, 0.25) is 0 Å². The number of hydrogen-bond acceptors (Lipinski definition) is 3. The molecule has 0 spiro atoms. The van der Waals surface area contributed by atoms with E-state index in [1.165, 1.54) is 6.08 Å². The number of anilines is 2. The normalized spacial score (nSPS) is 11.8. The maximum atomic E-state index is 12.0. The quantitative estimate of drug-likeness (QED) is 0.228. The van der Waals surface area contributed by atoms with Crippen molar-refractivity contribution >= 4 is 39.1 Å². The van der Waals surface area contributed by atoms with Gasteiger partial charge in [-0.2, -0.15) is 0 Å². The summed E-state index contributed by atoms with van der Waals surface area (Å²) in [6, 6.07) is 7.18. The Labute approximate surface area is 163 Å². The van der Waals surface area contributed by atoms with E-state index in [4.69, 9.17) is 5.73 Å². The van der Waals surface area contributed by atoms with Crippen LogP contribution in [-0.4, -0.2) is 18.4 Å². The number of para-hydroxylation sites is 2. The zero-order chi connectivity index (χ0) is 19.4. The molecule has 0 fully saturated rings. The second-order valence-corrected chi connectivity index (χ2v) is 6.60. The van der Waals surface area contributed by atoms with Crippen molar-refractivity contribution in [1.82, 2.24) is 5.32 Å².